The van der Waals surface area contributed by atoms with E-state index in [1.807, 2.05) is 18.7 Å². The molecule has 1 spiro atoms. The van der Waals surface area contributed by atoms with Crippen LogP contribution in [-0.4, -0.2) is 64.3 Å². The molecule has 1 aromatic heterocycles. The third kappa shape index (κ3) is 4.58. The van der Waals surface area contributed by atoms with Crippen LogP contribution in [0.15, 0.2) is 12.4 Å². The molecule has 1 N–H and O–H groups in total. The number of nitrogens with zero attached hydrogens (tertiary/aromatic N) is 4. The quantitative estimate of drug-likeness (QED) is 0.853. The summed E-state index contributed by atoms with van der Waals surface area (Å²) in [5, 5.41) is 2.86. The second-order valence-corrected chi connectivity index (χ2v) is 7.63. The SMILES string of the molecule is CCNC(=O)CN1CCC2(CCC(=O)N(Cc3cnc(C)cn3)C2)CC1. The number of aryl methyl sites for hydroxylation is 1. The van der Waals surface area contributed by atoms with Crippen LogP contribution in [-0.2, 0) is 16.1 Å². The molecule has 0 aromatic carbocycles. The van der Waals surface area contributed by atoms with Crippen molar-refractivity contribution in [1.82, 2.24) is 25.1 Å². The molecule has 0 radical (unpaired) electrons. The molecule has 3 heterocycles. The van der Waals surface area contributed by atoms with E-state index < -0.39 is 0 Å². The Morgan fingerprint density at radius 1 is 1.23 bits per heavy atom. The lowest BCUT2D eigenvalue weighted by Crippen LogP contribution is -2.52. The first-order valence-corrected chi connectivity index (χ1v) is 9.54. The number of carbonyl (C=O) groups excluding carboxylic acids is 2. The van der Waals surface area contributed by atoms with Gasteiger partial charge in [-0.25, -0.2) is 0 Å². The van der Waals surface area contributed by atoms with Gasteiger partial charge in [-0.05, 0) is 51.6 Å². The highest BCUT2D eigenvalue weighted by molar-refractivity contribution is 5.78. The van der Waals surface area contributed by atoms with Crippen LogP contribution in [0.25, 0.3) is 0 Å². The van der Waals surface area contributed by atoms with Gasteiger partial charge in [-0.3, -0.25) is 24.5 Å². The third-order valence-electron chi connectivity index (χ3n) is 5.59. The number of rotatable bonds is 5. The molecule has 2 aliphatic heterocycles. The summed E-state index contributed by atoms with van der Waals surface area (Å²) < 4.78 is 0. The molecule has 0 bridgehead atoms. The van der Waals surface area contributed by atoms with Crippen molar-refractivity contribution in [2.75, 3.05) is 32.7 Å². The fourth-order valence-electron chi connectivity index (χ4n) is 3.99. The van der Waals surface area contributed by atoms with Gasteiger partial charge in [-0.1, -0.05) is 0 Å². The summed E-state index contributed by atoms with van der Waals surface area (Å²) in [5.41, 5.74) is 1.91. The van der Waals surface area contributed by atoms with E-state index >= 15 is 0 Å². The second kappa shape index (κ2) is 8.12. The molecule has 0 atom stereocenters. The Morgan fingerprint density at radius 3 is 2.65 bits per heavy atom. The summed E-state index contributed by atoms with van der Waals surface area (Å²) in [6, 6.07) is 0. The van der Waals surface area contributed by atoms with Gasteiger partial charge in [-0.15, -0.1) is 0 Å². The third-order valence-corrected chi connectivity index (χ3v) is 5.59. The molecule has 2 saturated heterocycles. The highest BCUT2D eigenvalue weighted by atomic mass is 16.2. The monoisotopic (exact) mass is 359 g/mol. The van der Waals surface area contributed by atoms with E-state index in [-0.39, 0.29) is 17.2 Å². The fraction of sp³-hybridized carbons (Fsp3) is 0.684. The minimum atomic E-state index is 0.0989. The van der Waals surface area contributed by atoms with E-state index in [9.17, 15) is 9.59 Å². The molecule has 142 valence electrons. The number of amides is 2. The van der Waals surface area contributed by atoms with Gasteiger partial charge in [0.1, 0.15) is 0 Å². The van der Waals surface area contributed by atoms with Crippen LogP contribution in [0, 0.1) is 12.3 Å². The van der Waals surface area contributed by atoms with Gasteiger partial charge in [-0.2, -0.15) is 0 Å². The Labute approximate surface area is 155 Å². The van der Waals surface area contributed by atoms with Gasteiger partial charge in [0.2, 0.25) is 11.8 Å². The van der Waals surface area contributed by atoms with Gasteiger partial charge in [0.15, 0.2) is 0 Å². The van der Waals surface area contributed by atoms with Crippen LogP contribution < -0.4 is 5.32 Å². The number of aromatic nitrogens is 2. The molecular formula is C19H29N5O2. The van der Waals surface area contributed by atoms with Crippen LogP contribution in [0.1, 0.15) is 44.0 Å². The van der Waals surface area contributed by atoms with Gasteiger partial charge in [0.25, 0.3) is 0 Å². The van der Waals surface area contributed by atoms with E-state index in [1.165, 1.54) is 0 Å². The zero-order valence-electron chi connectivity index (χ0n) is 15.8. The first kappa shape index (κ1) is 18.8. The summed E-state index contributed by atoms with van der Waals surface area (Å²) in [6.07, 6.45) is 7.15. The van der Waals surface area contributed by atoms with Crippen molar-refractivity contribution < 1.29 is 9.59 Å². The minimum Gasteiger partial charge on any atom is -0.355 e. The molecule has 2 amide bonds. The molecule has 2 aliphatic rings. The lowest BCUT2D eigenvalue weighted by molar-refractivity contribution is -0.140. The number of likely N-dealkylation sites (tertiary alicyclic amines) is 2. The molecule has 2 fully saturated rings. The summed E-state index contributed by atoms with van der Waals surface area (Å²) in [5.74, 6) is 0.310. The summed E-state index contributed by atoms with van der Waals surface area (Å²) in [6.45, 7) is 8.17. The summed E-state index contributed by atoms with van der Waals surface area (Å²) in [7, 11) is 0. The lowest BCUT2D eigenvalue weighted by Gasteiger charge is -2.47. The van der Waals surface area contributed by atoms with Crippen molar-refractivity contribution in [3.63, 3.8) is 0 Å². The van der Waals surface area contributed by atoms with Crippen molar-refractivity contribution in [1.29, 1.82) is 0 Å². The highest BCUT2D eigenvalue weighted by Gasteiger charge is 2.41. The average molecular weight is 359 g/mol. The van der Waals surface area contributed by atoms with Gasteiger partial charge < -0.3 is 10.2 Å². The first-order chi connectivity index (χ1) is 12.5. The Kier molecular flexibility index (Phi) is 5.86. The first-order valence-electron chi connectivity index (χ1n) is 9.54. The predicted octanol–water partition coefficient (Wildman–Crippen LogP) is 1.13. The Hall–Kier alpha value is -2.02. The Balaban J connectivity index is 1.57. The van der Waals surface area contributed by atoms with Crippen molar-refractivity contribution in [3.8, 4) is 0 Å². The Bertz CT molecular complexity index is 638. The van der Waals surface area contributed by atoms with E-state index in [2.05, 4.69) is 20.2 Å². The van der Waals surface area contributed by atoms with Gasteiger partial charge >= 0.3 is 0 Å². The molecule has 0 unspecified atom stereocenters. The maximum atomic E-state index is 12.4. The van der Waals surface area contributed by atoms with E-state index in [1.54, 1.807) is 12.4 Å². The number of piperidine rings is 2. The van der Waals surface area contributed by atoms with Gasteiger partial charge in [0, 0.05) is 25.7 Å². The van der Waals surface area contributed by atoms with E-state index in [4.69, 9.17) is 0 Å². The van der Waals surface area contributed by atoms with Crippen molar-refractivity contribution in [2.24, 2.45) is 5.41 Å². The van der Waals surface area contributed by atoms with Gasteiger partial charge in [0.05, 0.1) is 30.7 Å². The van der Waals surface area contributed by atoms with Crippen LogP contribution in [0.2, 0.25) is 0 Å². The van der Waals surface area contributed by atoms with Crippen molar-refractivity contribution >= 4 is 11.8 Å². The molecule has 7 heteroatoms. The van der Waals surface area contributed by atoms with Crippen molar-refractivity contribution in [3.05, 3.63) is 23.8 Å². The average Bonchev–Trinajstić information content (AvgIpc) is 2.63. The zero-order valence-corrected chi connectivity index (χ0v) is 15.8. The molecule has 1 aromatic rings. The fourth-order valence-corrected chi connectivity index (χ4v) is 3.99. The van der Waals surface area contributed by atoms with Crippen LogP contribution in [0.4, 0.5) is 0 Å². The van der Waals surface area contributed by atoms with E-state index in [0.29, 0.717) is 26.1 Å². The maximum Gasteiger partial charge on any atom is 0.234 e. The number of nitrogens with one attached hydrogen (secondary N) is 1. The van der Waals surface area contributed by atoms with E-state index in [0.717, 1.165) is 50.3 Å². The molecule has 26 heavy (non-hydrogen) atoms. The number of hydrogen-bond acceptors (Lipinski definition) is 5. The second-order valence-electron chi connectivity index (χ2n) is 7.63. The molecule has 3 rings (SSSR count). The highest BCUT2D eigenvalue weighted by Crippen LogP contribution is 2.40. The zero-order chi connectivity index (χ0) is 18.6. The number of likely N-dealkylation sites (N-methyl/N-ethyl adjacent to an activating group) is 1. The molecule has 0 saturated carbocycles. The smallest absolute Gasteiger partial charge is 0.234 e. The summed E-state index contributed by atoms with van der Waals surface area (Å²) in [4.78, 5) is 37.0. The lowest BCUT2D eigenvalue weighted by atomic mass is 9.72. The van der Waals surface area contributed by atoms with Crippen LogP contribution in [0.3, 0.4) is 0 Å². The largest absolute Gasteiger partial charge is 0.355 e. The Morgan fingerprint density at radius 2 is 2.00 bits per heavy atom. The number of hydrogen-bond donors (Lipinski definition) is 1. The van der Waals surface area contributed by atoms with Crippen LogP contribution >= 0.6 is 0 Å². The summed E-state index contributed by atoms with van der Waals surface area (Å²) >= 11 is 0. The molecule has 0 aliphatic carbocycles. The molecular weight excluding hydrogens is 330 g/mol. The standard InChI is InChI=1S/C19H29N5O2/c1-3-20-17(25)13-23-8-6-19(7-9-23)5-4-18(26)24(14-19)12-16-11-21-15(2)10-22-16/h10-11H,3-9,12-14H2,1-2H3,(H,20,25). The minimum absolute atomic E-state index is 0.0989. The van der Waals surface area contributed by atoms with Crippen LogP contribution in [0.5, 0.6) is 0 Å². The predicted molar refractivity (Wildman–Crippen MR) is 98.2 cm³/mol. The maximum absolute atomic E-state index is 12.4. The molecule has 7 nitrogen and oxygen atoms in total. The number of carbonyl (C=O) groups is 2. The topological polar surface area (TPSA) is 78.4 Å². The van der Waals surface area contributed by atoms with Crippen molar-refractivity contribution in [2.45, 2.75) is 46.1 Å². The normalized spacial score (nSPS) is 20.4.